The summed E-state index contributed by atoms with van der Waals surface area (Å²) >= 11 is 1.36. The molecule has 3 aromatic heterocycles. The number of aromatic nitrogens is 3. The van der Waals surface area contributed by atoms with Crippen molar-refractivity contribution in [2.24, 2.45) is 5.41 Å². The molecule has 12 heteroatoms. The molecule has 0 aliphatic rings. The first-order chi connectivity index (χ1) is 15.3. The normalized spacial score (nSPS) is 13.0. The Morgan fingerprint density at radius 2 is 1.82 bits per heavy atom. The van der Waals surface area contributed by atoms with Crippen LogP contribution in [0.15, 0.2) is 51.1 Å². The molecule has 4 rings (SSSR count). The summed E-state index contributed by atoms with van der Waals surface area (Å²) in [6.45, 7) is 6.35. The van der Waals surface area contributed by atoms with Gasteiger partial charge in [0.2, 0.25) is 0 Å². The zero-order valence-electron chi connectivity index (χ0n) is 17.7. The van der Waals surface area contributed by atoms with Gasteiger partial charge in [-0.05, 0) is 36.1 Å². The Labute approximate surface area is 190 Å². The molecule has 0 spiro atoms. The molecule has 0 radical (unpaired) electrons. The molecule has 3 heterocycles. The summed E-state index contributed by atoms with van der Waals surface area (Å²) in [7, 11) is -5.93. The summed E-state index contributed by atoms with van der Waals surface area (Å²) in [5, 5.41) is 2.46. The quantitative estimate of drug-likeness (QED) is 0.391. The number of rotatable bonds is 4. The molecule has 0 bridgehead atoms. The van der Waals surface area contributed by atoms with E-state index in [0.29, 0.717) is 16.3 Å². The van der Waals surface area contributed by atoms with Crippen molar-refractivity contribution in [3.05, 3.63) is 58.2 Å². The lowest BCUT2D eigenvalue weighted by molar-refractivity contribution is -0.0447. The van der Waals surface area contributed by atoms with E-state index in [1.54, 1.807) is 11.6 Å². The SMILES string of the molecule is CC(C)(C)Cc1cc(-c2nc(-c3ccc4c(c3)oc(=O)n4S(=O)(=O)C(F)(F)F)cs2)ccn1. The summed E-state index contributed by atoms with van der Waals surface area (Å²) in [5.41, 5.74) is -3.63. The van der Waals surface area contributed by atoms with Gasteiger partial charge in [-0.1, -0.05) is 26.8 Å². The predicted octanol–water partition coefficient (Wildman–Crippen LogP) is 5.07. The number of hydrogen-bond acceptors (Lipinski definition) is 7. The topological polar surface area (TPSA) is 95.1 Å². The van der Waals surface area contributed by atoms with E-state index in [-0.39, 0.29) is 15.0 Å². The van der Waals surface area contributed by atoms with Crippen LogP contribution in [0.1, 0.15) is 26.5 Å². The molecule has 33 heavy (non-hydrogen) atoms. The number of benzene rings is 1. The fourth-order valence-corrected chi connectivity index (χ4v) is 4.95. The van der Waals surface area contributed by atoms with Gasteiger partial charge in [-0.25, -0.2) is 9.78 Å². The summed E-state index contributed by atoms with van der Waals surface area (Å²) in [5.74, 6) is -1.64. The maximum atomic E-state index is 12.9. The zero-order valence-corrected chi connectivity index (χ0v) is 19.3. The molecule has 0 aliphatic carbocycles. The number of alkyl halides is 3. The minimum Gasteiger partial charge on any atom is -0.407 e. The molecule has 7 nitrogen and oxygen atoms in total. The predicted molar refractivity (Wildman–Crippen MR) is 118 cm³/mol. The molecule has 0 saturated heterocycles. The average Bonchev–Trinajstić information content (AvgIpc) is 3.29. The van der Waals surface area contributed by atoms with Gasteiger partial charge in [0.25, 0.3) is 0 Å². The summed E-state index contributed by atoms with van der Waals surface area (Å²) in [6.07, 6.45) is 2.49. The van der Waals surface area contributed by atoms with Crippen molar-refractivity contribution in [1.82, 2.24) is 13.9 Å². The van der Waals surface area contributed by atoms with Crippen LogP contribution in [0.2, 0.25) is 0 Å². The van der Waals surface area contributed by atoms with Crippen LogP contribution in [0.3, 0.4) is 0 Å². The highest BCUT2D eigenvalue weighted by atomic mass is 32.2. The molecular formula is C21H18F3N3O4S2. The smallest absolute Gasteiger partial charge is 0.407 e. The van der Waals surface area contributed by atoms with Crippen molar-refractivity contribution >= 4 is 32.5 Å². The van der Waals surface area contributed by atoms with Crippen LogP contribution in [0.5, 0.6) is 0 Å². The number of pyridine rings is 1. The zero-order chi connectivity index (χ0) is 24.2. The van der Waals surface area contributed by atoms with E-state index in [1.165, 1.54) is 23.5 Å². The highest BCUT2D eigenvalue weighted by Gasteiger charge is 2.49. The Balaban J connectivity index is 1.71. The second-order valence-electron chi connectivity index (χ2n) is 8.58. The molecular weight excluding hydrogens is 479 g/mol. The molecule has 0 fully saturated rings. The van der Waals surface area contributed by atoms with E-state index in [1.807, 2.05) is 12.1 Å². The van der Waals surface area contributed by atoms with Crippen LogP contribution >= 0.6 is 11.3 Å². The number of thiazole rings is 1. The van der Waals surface area contributed by atoms with Gasteiger partial charge in [-0.3, -0.25) is 4.98 Å². The highest BCUT2D eigenvalue weighted by Crippen LogP contribution is 2.33. The summed E-state index contributed by atoms with van der Waals surface area (Å²) in [4.78, 5) is 20.9. The monoisotopic (exact) mass is 497 g/mol. The van der Waals surface area contributed by atoms with Crippen molar-refractivity contribution in [3.63, 3.8) is 0 Å². The van der Waals surface area contributed by atoms with Gasteiger partial charge >= 0.3 is 21.3 Å². The Bertz CT molecular complexity index is 1510. The molecule has 174 valence electrons. The summed E-state index contributed by atoms with van der Waals surface area (Å²) < 4.78 is 66.7. The van der Waals surface area contributed by atoms with Gasteiger partial charge in [0.05, 0.1) is 5.69 Å². The molecule has 4 aromatic rings. The van der Waals surface area contributed by atoms with Gasteiger partial charge in [-0.2, -0.15) is 25.6 Å². The third-order valence-corrected chi connectivity index (χ3v) is 6.95. The number of hydrogen-bond donors (Lipinski definition) is 0. The Hall–Kier alpha value is -2.99. The third-order valence-electron chi connectivity index (χ3n) is 4.65. The average molecular weight is 498 g/mol. The largest absolute Gasteiger partial charge is 0.517 e. The lowest BCUT2D eigenvalue weighted by Crippen LogP contribution is -2.35. The maximum Gasteiger partial charge on any atom is 0.517 e. The fraction of sp³-hybridized carbons (Fsp3) is 0.286. The first-order valence-electron chi connectivity index (χ1n) is 9.65. The van der Waals surface area contributed by atoms with Crippen LogP contribution in [0.4, 0.5) is 13.2 Å². The van der Waals surface area contributed by atoms with Crippen LogP contribution in [-0.4, -0.2) is 27.9 Å². The first-order valence-corrected chi connectivity index (χ1v) is 12.0. The molecule has 0 N–H and O–H groups in total. The number of oxazole rings is 1. The van der Waals surface area contributed by atoms with Gasteiger partial charge < -0.3 is 4.42 Å². The van der Waals surface area contributed by atoms with E-state index < -0.39 is 26.8 Å². The molecule has 0 atom stereocenters. The fourth-order valence-electron chi connectivity index (χ4n) is 3.28. The third kappa shape index (κ3) is 4.44. The molecule has 0 amide bonds. The van der Waals surface area contributed by atoms with Crippen LogP contribution in [0, 0.1) is 5.41 Å². The van der Waals surface area contributed by atoms with Crippen LogP contribution < -0.4 is 5.76 Å². The molecule has 0 aliphatic heterocycles. The number of halogens is 3. The Morgan fingerprint density at radius 1 is 1.09 bits per heavy atom. The van der Waals surface area contributed by atoms with E-state index >= 15 is 0 Å². The second-order valence-corrected chi connectivity index (χ2v) is 11.2. The Kier molecular flexibility index (Phi) is 5.48. The van der Waals surface area contributed by atoms with Gasteiger partial charge in [0, 0.05) is 28.4 Å². The lowest BCUT2D eigenvalue weighted by atomic mass is 9.90. The van der Waals surface area contributed by atoms with Gasteiger partial charge in [0.1, 0.15) is 10.5 Å². The Morgan fingerprint density at radius 3 is 2.48 bits per heavy atom. The van der Waals surface area contributed by atoms with Crippen molar-refractivity contribution in [2.75, 3.05) is 0 Å². The van der Waals surface area contributed by atoms with Crippen molar-refractivity contribution in [2.45, 2.75) is 32.7 Å². The van der Waals surface area contributed by atoms with Crippen LogP contribution in [-0.2, 0) is 16.4 Å². The van der Waals surface area contributed by atoms with E-state index in [2.05, 4.69) is 30.7 Å². The molecule has 0 saturated carbocycles. The number of nitrogens with zero attached hydrogens (tertiary/aromatic N) is 3. The minimum atomic E-state index is -5.93. The summed E-state index contributed by atoms with van der Waals surface area (Å²) in [6, 6.07) is 7.55. The highest BCUT2D eigenvalue weighted by molar-refractivity contribution is 7.90. The van der Waals surface area contributed by atoms with E-state index in [0.717, 1.165) is 23.7 Å². The van der Waals surface area contributed by atoms with Gasteiger partial charge in [-0.15, -0.1) is 11.3 Å². The van der Waals surface area contributed by atoms with Crippen molar-refractivity contribution in [1.29, 1.82) is 0 Å². The van der Waals surface area contributed by atoms with Crippen molar-refractivity contribution in [3.8, 4) is 21.8 Å². The van der Waals surface area contributed by atoms with Crippen molar-refractivity contribution < 1.29 is 26.0 Å². The van der Waals surface area contributed by atoms with E-state index in [4.69, 9.17) is 4.42 Å². The van der Waals surface area contributed by atoms with Crippen LogP contribution in [0.25, 0.3) is 32.9 Å². The molecule has 0 unspecified atom stereocenters. The molecule has 1 aromatic carbocycles. The maximum absolute atomic E-state index is 12.9. The number of fused-ring (bicyclic) bond motifs is 1. The van der Waals surface area contributed by atoms with E-state index in [9.17, 15) is 26.4 Å². The lowest BCUT2D eigenvalue weighted by Gasteiger charge is -2.17. The first kappa shape index (κ1) is 23.2. The standard InChI is InChI=1S/C21H18F3N3O4S2/c1-20(2,3)10-14-8-13(6-7-25-14)18-26-15(11-32-18)12-4-5-16-17(9-12)31-19(28)27(16)33(29,30)21(22,23)24/h4-9,11H,10H2,1-3H3. The second kappa shape index (κ2) is 7.80. The minimum absolute atomic E-state index is 0.0645. The van der Waals surface area contributed by atoms with Gasteiger partial charge in [0.15, 0.2) is 5.58 Å².